The molecule has 2 rings (SSSR count). The smallest absolute Gasteiger partial charge is 0.259 e. The van der Waals surface area contributed by atoms with Gasteiger partial charge in [-0.05, 0) is 6.92 Å². The van der Waals surface area contributed by atoms with Crippen LogP contribution in [0.15, 0.2) is 17.1 Å². The predicted molar refractivity (Wildman–Crippen MR) is 49.5 cm³/mol. The molecule has 0 aliphatic carbocycles. The summed E-state index contributed by atoms with van der Waals surface area (Å²) in [4.78, 5) is 27.4. The number of thiazole rings is 1. The molecule has 5 heteroatoms. The monoisotopic (exact) mass is 194 g/mol. The summed E-state index contributed by atoms with van der Waals surface area (Å²) in [6.45, 7) is 1.79. The first-order valence-electron chi connectivity index (χ1n) is 3.66. The van der Waals surface area contributed by atoms with E-state index in [0.29, 0.717) is 16.9 Å². The Bertz CT molecular complexity index is 526. The molecule has 2 aromatic heterocycles. The standard InChI is InChI=1S/C8H6N2O2S/c1-5-6(4-11)10-7(12)2-3-9-8(10)13-5/h2-4H,1H3. The van der Waals surface area contributed by atoms with Crippen molar-refractivity contribution in [3.05, 3.63) is 33.2 Å². The number of rotatable bonds is 1. The highest BCUT2D eigenvalue weighted by molar-refractivity contribution is 7.17. The van der Waals surface area contributed by atoms with Crippen molar-refractivity contribution < 1.29 is 4.79 Å². The number of hydrogen-bond donors (Lipinski definition) is 0. The summed E-state index contributed by atoms with van der Waals surface area (Å²) in [7, 11) is 0. The van der Waals surface area contributed by atoms with Gasteiger partial charge in [0.15, 0.2) is 11.2 Å². The zero-order chi connectivity index (χ0) is 9.42. The van der Waals surface area contributed by atoms with Gasteiger partial charge in [-0.25, -0.2) is 9.38 Å². The minimum absolute atomic E-state index is 0.212. The summed E-state index contributed by atoms with van der Waals surface area (Å²) in [6.07, 6.45) is 2.13. The Balaban J connectivity index is 3.05. The van der Waals surface area contributed by atoms with Crippen LogP contribution in [0.5, 0.6) is 0 Å². The number of nitrogens with zero attached hydrogens (tertiary/aromatic N) is 2. The Morgan fingerprint density at radius 1 is 1.62 bits per heavy atom. The molecule has 0 saturated carbocycles. The summed E-state index contributed by atoms with van der Waals surface area (Å²) in [5.41, 5.74) is 0.189. The topological polar surface area (TPSA) is 51.4 Å². The van der Waals surface area contributed by atoms with Gasteiger partial charge in [0, 0.05) is 17.1 Å². The fraction of sp³-hybridized carbons (Fsp3) is 0.125. The number of carbonyl (C=O) groups excluding carboxylic acids is 1. The Kier molecular flexibility index (Phi) is 1.73. The Morgan fingerprint density at radius 2 is 2.38 bits per heavy atom. The number of hydrogen-bond acceptors (Lipinski definition) is 4. The van der Waals surface area contributed by atoms with Gasteiger partial charge in [-0.3, -0.25) is 9.59 Å². The minimum Gasteiger partial charge on any atom is -0.296 e. The van der Waals surface area contributed by atoms with E-state index in [1.165, 1.54) is 28.0 Å². The van der Waals surface area contributed by atoms with Crippen LogP contribution in [0.1, 0.15) is 15.4 Å². The van der Waals surface area contributed by atoms with E-state index in [2.05, 4.69) is 4.98 Å². The van der Waals surface area contributed by atoms with Crippen LogP contribution in [0.3, 0.4) is 0 Å². The molecule has 0 fully saturated rings. The lowest BCUT2D eigenvalue weighted by Gasteiger charge is -1.91. The molecule has 13 heavy (non-hydrogen) atoms. The van der Waals surface area contributed by atoms with Crippen LogP contribution >= 0.6 is 11.3 Å². The summed E-state index contributed by atoms with van der Waals surface area (Å²) in [6, 6.07) is 1.34. The molecule has 0 amide bonds. The molecule has 0 radical (unpaired) electrons. The van der Waals surface area contributed by atoms with E-state index in [4.69, 9.17) is 0 Å². The van der Waals surface area contributed by atoms with Gasteiger partial charge in [0.25, 0.3) is 5.56 Å². The van der Waals surface area contributed by atoms with Crippen LogP contribution in [0, 0.1) is 6.92 Å². The van der Waals surface area contributed by atoms with E-state index in [1.807, 2.05) is 0 Å². The lowest BCUT2D eigenvalue weighted by Crippen LogP contribution is -2.13. The average molecular weight is 194 g/mol. The number of aryl methyl sites for hydroxylation is 1. The SMILES string of the molecule is Cc1sc2nccc(=O)n2c1C=O. The highest BCUT2D eigenvalue weighted by atomic mass is 32.1. The van der Waals surface area contributed by atoms with E-state index in [-0.39, 0.29) is 5.56 Å². The summed E-state index contributed by atoms with van der Waals surface area (Å²) < 4.78 is 1.33. The van der Waals surface area contributed by atoms with Crippen LogP contribution in [-0.2, 0) is 0 Å². The van der Waals surface area contributed by atoms with E-state index >= 15 is 0 Å². The zero-order valence-electron chi connectivity index (χ0n) is 6.85. The van der Waals surface area contributed by atoms with Crippen molar-refractivity contribution in [1.82, 2.24) is 9.38 Å². The van der Waals surface area contributed by atoms with E-state index in [1.54, 1.807) is 6.92 Å². The van der Waals surface area contributed by atoms with Crippen molar-refractivity contribution >= 4 is 22.6 Å². The molecule has 0 aliphatic heterocycles. The lowest BCUT2D eigenvalue weighted by molar-refractivity contribution is 0.111. The number of carbonyl (C=O) groups is 1. The fourth-order valence-electron chi connectivity index (χ4n) is 1.17. The van der Waals surface area contributed by atoms with Crippen molar-refractivity contribution in [2.24, 2.45) is 0 Å². The maximum Gasteiger partial charge on any atom is 0.259 e. The average Bonchev–Trinajstić information content (AvgIpc) is 2.42. The quantitative estimate of drug-likeness (QED) is 0.633. The molecule has 0 saturated heterocycles. The molecule has 0 aliphatic rings. The summed E-state index contributed by atoms with van der Waals surface area (Å²) >= 11 is 1.34. The first kappa shape index (κ1) is 8.12. The molecule has 0 bridgehead atoms. The predicted octanol–water partition coefficient (Wildman–Crippen LogP) is 0.877. The van der Waals surface area contributed by atoms with E-state index in [0.717, 1.165) is 4.88 Å². The number of fused-ring (bicyclic) bond motifs is 1. The third kappa shape index (κ3) is 1.08. The summed E-state index contributed by atoms with van der Waals surface area (Å²) in [5, 5.41) is 0. The molecule has 0 aromatic carbocycles. The largest absolute Gasteiger partial charge is 0.296 e. The molecule has 2 heterocycles. The Hall–Kier alpha value is -1.49. The normalized spacial score (nSPS) is 10.5. The third-order valence-corrected chi connectivity index (χ3v) is 2.76. The first-order chi connectivity index (χ1) is 6.24. The van der Waals surface area contributed by atoms with Crippen molar-refractivity contribution in [1.29, 1.82) is 0 Å². The molecular formula is C8H6N2O2S. The van der Waals surface area contributed by atoms with Crippen molar-refractivity contribution in [3.63, 3.8) is 0 Å². The second-order valence-corrected chi connectivity index (χ2v) is 3.74. The van der Waals surface area contributed by atoms with Crippen molar-refractivity contribution in [3.8, 4) is 0 Å². The zero-order valence-corrected chi connectivity index (χ0v) is 7.67. The molecule has 0 N–H and O–H groups in total. The van der Waals surface area contributed by atoms with Gasteiger partial charge in [0.2, 0.25) is 0 Å². The first-order valence-corrected chi connectivity index (χ1v) is 4.48. The Morgan fingerprint density at radius 3 is 3.08 bits per heavy atom. The lowest BCUT2D eigenvalue weighted by atomic mass is 10.4. The molecule has 2 aromatic rings. The minimum atomic E-state index is -0.212. The van der Waals surface area contributed by atoms with Gasteiger partial charge in [0.05, 0.1) is 0 Å². The van der Waals surface area contributed by atoms with Gasteiger partial charge in [-0.1, -0.05) is 0 Å². The van der Waals surface area contributed by atoms with Crippen LogP contribution in [0.4, 0.5) is 0 Å². The number of aromatic nitrogens is 2. The van der Waals surface area contributed by atoms with Crippen molar-refractivity contribution in [2.75, 3.05) is 0 Å². The van der Waals surface area contributed by atoms with Gasteiger partial charge in [0.1, 0.15) is 5.69 Å². The van der Waals surface area contributed by atoms with Crippen LogP contribution < -0.4 is 5.56 Å². The van der Waals surface area contributed by atoms with Gasteiger partial charge >= 0.3 is 0 Å². The summed E-state index contributed by atoms with van der Waals surface area (Å²) in [5.74, 6) is 0. The van der Waals surface area contributed by atoms with Crippen LogP contribution in [-0.4, -0.2) is 15.7 Å². The highest BCUT2D eigenvalue weighted by Gasteiger charge is 2.08. The molecular weight excluding hydrogens is 188 g/mol. The maximum absolute atomic E-state index is 11.3. The molecule has 0 atom stereocenters. The molecule has 0 unspecified atom stereocenters. The van der Waals surface area contributed by atoms with Crippen LogP contribution in [0.25, 0.3) is 4.96 Å². The second-order valence-electron chi connectivity index (χ2n) is 2.56. The van der Waals surface area contributed by atoms with Gasteiger partial charge < -0.3 is 0 Å². The highest BCUT2D eigenvalue weighted by Crippen LogP contribution is 2.16. The fourth-order valence-corrected chi connectivity index (χ4v) is 2.08. The molecule has 66 valence electrons. The van der Waals surface area contributed by atoms with Crippen LogP contribution in [0.2, 0.25) is 0 Å². The third-order valence-electron chi connectivity index (χ3n) is 1.77. The number of aldehydes is 1. The van der Waals surface area contributed by atoms with E-state index in [9.17, 15) is 9.59 Å². The second kappa shape index (κ2) is 2.77. The van der Waals surface area contributed by atoms with Gasteiger partial charge in [-0.15, -0.1) is 11.3 Å². The molecule has 0 spiro atoms. The van der Waals surface area contributed by atoms with Crippen molar-refractivity contribution in [2.45, 2.75) is 6.92 Å². The van der Waals surface area contributed by atoms with Gasteiger partial charge in [-0.2, -0.15) is 0 Å². The van der Waals surface area contributed by atoms with E-state index < -0.39 is 0 Å². The Labute approximate surface area is 77.5 Å². The molecule has 4 nitrogen and oxygen atoms in total. The maximum atomic E-state index is 11.3.